The summed E-state index contributed by atoms with van der Waals surface area (Å²) in [7, 11) is 0. The van der Waals surface area contributed by atoms with E-state index in [2.05, 4.69) is 5.32 Å². The summed E-state index contributed by atoms with van der Waals surface area (Å²) in [5, 5.41) is 43.0. The predicted molar refractivity (Wildman–Crippen MR) is 113 cm³/mol. The molecule has 2 rings (SSSR count). The van der Waals surface area contributed by atoms with Crippen molar-refractivity contribution in [2.45, 2.75) is 26.2 Å². The molecule has 2 aromatic rings. The van der Waals surface area contributed by atoms with Crippen molar-refractivity contribution in [3.05, 3.63) is 51.3 Å². The normalized spacial score (nSPS) is 11.1. The van der Waals surface area contributed by atoms with Gasteiger partial charge in [0.25, 0.3) is 17.4 Å². The molecule has 0 fully saturated rings. The lowest BCUT2D eigenvalue weighted by Gasteiger charge is -2.20. The van der Waals surface area contributed by atoms with Crippen molar-refractivity contribution in [2.24, 2.45) is 0 Å². The zero-order valence-electron chi connectivity index (χ0n) is 17.8. The average molecular weight is 447 g/mol. The standard InChI is InChI=1S/C21H25N3O8/c1-21(2,3)11-4-6-12(7-5-11)24-19(31)14(17(29)22-8-9-25)16(28)15(20(24)32)18(30)23-10-13(26)27/h4-7,25,28,32H,8-10H2,1-3H3,(H,22,29)(H,23,30)(H,26,27). The quantitative estimate of drug-likeness (QED) is 0.345. The maximum Gasteiger partial charge on any atom is 0.322 e. The number of rotatable bonds is 7. The van der Waals surface area contributed by atoms with Crippen LogP contribution in [-0.2, 0) is 10.2 Å². The Bertz CT molecular complexity index is 1100. The first-order chi connectivity index (χ1) is 14.9. The average Bonchev–Trinajstić information content (AvgIpc) is 2.70. The number of aliphatic hydroxyl groups excluding tert-OH is 1. The van der Waals surface area contributed by atoms with Crippen LogP contribution in [0.1, 0.15) is 47.1 Å². The van der Waals surface area contributed by atoms with Crippen LogP contribution >= 0.6 is 0 Å². The Morgan fingerprint density at radius 2 is 1.53 bits per heavy atom. The molecule has 1 aromatic carbocycles. The van der Waals surface area contributed by atoms with Gasteiger partial charge in [0, 0.05) is 6.54 Å². The summed E-state index contributed by atoms with van der Waals surface area (Å²) in [6.45, 7) is 4.41. The molecular formula is C21H25N3O8. The second-order valence-electron chi connectivity index (χ2n) is 7.92. The number of carbonyl (C=O) groups excluding carboxylic acids is 2. The molecular weight excluding hydrogens is 422 g/mol. The number of carboxylic acid groups (broad SMARTS) is 1. The lowest BCUT2D eigenvalue weighted by Crippen LogP contribution is -2.36. The number of benzene rings is 1. The fourth-order valence-electron chi connectivity index (χ4n) is 2.92. The molecule has 11 nitrogen and oxygen atoms in total. The van der Waals surface area contributed by atoms with E-state index < -0.39 is 59.3 Å². The molecule has 0 aliphatic heterocycles. The highest BCUT2D eigenvalue weighted by molar-refractivity contribution is 6.05. The number of aromatic hydroxyl groups is 2. The van der Waals surface area contributed by atoms with E-state index in [-0.39, 0.29) is 17.6 Å². The Hall–Kier alpha value is -3.86. The van der Waals surface area contributed by atoms with Crippen molar-refractivity contribution in [1.29, 1.82) is 0 Å². The molecule has 11 heteroatoms. The van der Waals surface area contributed by atoms with Gasteiger partial charge < -0.3 is 31.1 Å². The van der Waals surface area contributed by atoms with Gasteiger partial charge in [0.15, 0.2) is 5.75 Å². The lowest BCUT2D eigenvalue weighted by atomic mass is 9.87. The molecule has 1 aromatic heterocycles. The van der Waals surface area contributed by atoms with E-state index in [1.807, 2.05) is 26.1 Å². The molecule has 0 unspecified atom stereocenters. The summed E-state index contributed by atoms with van der Waals surface area (Å²) in [4.78, 5) is 48.7. The Labute approximate surface area is 182 Å². The van der Waals surface area contributed by atoms with Crippen LogP contribution in [0.15, 0.2) is 29.1 Å². The maximum atomic E-state index is 13.0. The van der Waals surface area contributed by atoms with Crippen LogP contribution in [0.25, 0.3) is 5.69 Å². The van der Waals surface area contributed by atoms with Gasteiger partial charge in [0.1, 0.15) is 17.7 Å². The Morgan fingerprint density at radius 1 is 0.969 bits per heavy atom. The number of nitrogens with zero attached hydrogens (tertiary/aromatic N) is 1. The topological polar surface area (TPSA) is 178 Å². The first kappa shape index (κ1) is 24.4. The van der Waals surface area contributed by atoms with E-state index >= 15 is 0 Å². The van der Waals surface area contributed by atoms with Crippen LogP contribution in [0.5, 0.6) is 11.6 Å². The minimum absolute atomic E-state index is 0.101. The van der Waals surface area contributed by atoms with Gasteiger partial charge in [-0.3, -0.25) is 19.2 Å². The predicted octanol–water partition coefficient (Wildman–Crippen LogP) is 0.0827. The zero-order valence-corrected chi connectivity index (χ0v) is 17.8. The van der Waals surface area contributed by atoms with Gasteiger partial charge >= 0.3 is 5.97 Å². The van der Waals surface area contributed by atoms with Gasteiger partial charge in [-0.2, -0.15) is 0 Å². The minimum Gasteiger partial charge on any atom is -0.506 e. The lowest BCUT2D eigenvalue weighted by molar-refractivity contribution is -0.135. The van der Waals surface area contributed by atoms with E-state index in [0.29, 0.717) is 4.57 Å². The number of pyridine rings is 1. The number of carboxylic acids is 1. The largest absolute Gasteiger partial charge is 0.506 e. The van der Waals surface area contributed by atoms with Crippen molar-refractivity contribution < 1.29 is 34.8 Å². The van der Waals surface area contributed by atoms with Gasteiger partial charge in [0.05, 0.1) is 12.3 Å². The minimum atomic E-state index is -1.38. The van der Waals surface area contributed by atoms with Gasteiger partial charge in [-0.05, 0) is 23.1 Å². The Balaban J connectivity index is 2.76. The van der Waals surface area contributed by atoms with Crippen molar-refractivity contribution in [3.8, 4) is 17.3 Å². The molecule has 1 heterocycles. The molecule has 0 saturated heterocycles. The first-order valence-electron chi connectivity index (χ1n) is 9.61. The fourth-order valence-corrected chi connectivity index (χ4v) is 2.92. The second kappa shape index (κ2) is 9.52. The molecule has 172 valence electrons. The second-order valence-corrected chi connectivity index (χ2v) is 7.92. The van der Waals surface area contributed by atoms with Gasteiger partial charge in [0.2, 0.25) is 5.88 Å². The van der Waals surface area contributed by atoms with Crippen LogP contribution in [0.3, 0.4) is 0 Å². The number of hydrogen-bond acceptors (Lipinski definition) is 7. The van der Waals surface area contributed by atoms with Crippen molar-refractivity contribution in [2.75, 3.05) is 19.7 Å². The number of nitrogens with one attached hydrogen (secondary N) is 2. The fraction of sp³-hybridized carbons (Fsp3) is 0.333. The molecule has 32 heavy (non-hydrogen) atoms. The van der Waals surface area contributed by atoms with E-state index in [9.17, 15) is 29.4 Å². The van der Waals surface area contributed by atoms with Crippen LogP contribution in [0.2, 0.25) is 0 Å². The number of carbonyl (C=O) groups is 3. The van der Waals surface area contributed by atoms with Crippen molar-refractivity contribution in [1.82, 2.24) is 15.2 Å². The molecule has 6 N–H and O–H groups in total. The van der Waals surface area contributed by atoms with E-state index in [0.717, 1.165) is 5.56 Å². The highest BCUT2D eigenvalue weighted by Crippen LogP contribution is 2.31. The molecule has 0 aliphatic carbocycles. The van der Waals surface area contributed by atoms with Gasteiger partial charge in [-0.1, -0.05) is 32.9 Å². The summed E-state index contributed by atoms with van der Waals surface area (Å²) in [6, 6.07) is 6.38. The van der Waals surface area contributed by atoms with Crippen LogP contribution in [0.4, 0.5) is 0 Å². The third kappa shape index (κ3) is 5.06. The number of hydrogen-bond donors (Lipinski definition) is 6. The Kier molecular flexibility index (Phi) is 7.26. The molecule has 2 amide bonds. The molecule has 0 spiro atoms. The van der Waals surface area contributed by atoms with Crippen molar-refractivity contribution >= 4 is 17.8 Å². The summed E-state index contributed by atoms with van der Waals surface area (Å²) >= 11 is 0. The van der Waals surface area contributed by atoms with Crippen LogP contribution < -0.4 is 16.2 Å². The first-order valence-corrected chi connectivity index (χ1v) is 9.61. The van der Waals surface area contributed by atoms with E-state index in [4.69, 9.17) is 10.2 Å². The number of aliphatic hydroxyl groups is 1. The van der Waals surface area contributed by atoms with Gasteiger partial charge in [-0.25, -0.2) is 4.57 Å². The van der Waals surface area contributed by atoms with Crippen LogP contribution in [-0.4, -0.2) is 62.5 Å². The molecule has 0 bridgehead atoms. The Morgan fingerprint density at radius 3 is 2.03 bits per heavy atom. The number of amides is 2. The smallest absolute Gasteiger partial charge is 0.322 e. The highest BCUT2D eigenvalue weighted by atomic mass is 16.4. The summed E-state index contributed by atoms with van der Waals surface area (Å²) < 4.78 is 0.662. The molecule has 0 radical (unpaired) electrons. The van der Waals surface area contributed by atoms with Gasteiger partial charge in [-0.15, -0.1) is 0 Å². The number of aromatic nitrogens is 1. The van der Waals surface area contributed by atoms with E-state index in [1.54, 1.807) is 12.1 Å². The van der Waals surface area contributed by atoms with Crippen molar-refractivity contribution in [3.63, 3.8) is 0 Å². The highest BCUT2D eigenvalue weighted by Gasteiger charge is 2.30. The van der Waals surface area contributed by atoms with Crippen LogP contribution in [0, 0.1) is 0 Å². The zero-order chi connectivity index (χ0) is 24.2. The number of aliphatic carboxylic acids is 1. The third-order valence-corrected chi connectivity index (χ3v) is 4.57. The van der Waals surface area contributed by atoms with E-state index in [1.165, 1.54) is 12.1 Å². The summed E-state index contributed by atoms with van der Waals surface area (Å²) in [5.41, 5.74) is -2.01. The summed E-state index contributed by atoms with van der Waals surface area (Å²) in [6.07, 6.45) is 0. The summed E-state index contributed by atoms with van der Waals surface area (Å²) in [5.74, 6) is -5.78. The molecule has 0 saturated carbocycles. The third-order valence-electron chi connectivity index (χ3n) is 4.57. The molecule has 0 aliphatic rings. The maximum absolute atomic E-state index is 13.0. The monoisotopic (exact) mass is 447 g/mol. The molecule has 0 atom stereocenters. The SMILES string of the molecule is CC(C)(C)c1ccc(-n2c(O)c(C(=O)NCC(=O)O)c(O)c(C(=O)NCCO)c2=O)cc1.